The van der Waals surface area contributed by atoms with Crippen LogP contribution in [0.5, 0.6) is 0 Å². The minimum Gasteiger partial charge on any atom is -0.465 e. The van der Waals surface area contributed by atoms with E-state index in [1.165, 1.54) is 38.4 Å². The molecule has 2 heteroatoms. The SMILES string of the molecule is CCC1(CCc2ccc(C(=O)OC)cc2)CC1. The maximum atomic E-state index is 11.3. The maximum absolute atomic E-state index is 11.3. The van der Waals surface area contributed by atoms with Gasteiger partial charge in [0, 0.05) is 0 Å². The number of esters is 1. The van der Waals surface area contributed by atoms with Crippen LogP contribution in [0.1, 0.15) is 48.5 Å². The molecule has 1 aromatic carbocycles. The molecule has 2 nitrogen and oxygen atoms in total. The first-order chi connectivity index (χ1) is 8.19. The summed E-state index contributed by atoms with van der Waals surface area (Å²) in [4.78, 5) is 11.3. The number of benzene rings is 1. The molecule has 1 saturated carbocycles. The monoisotopic (exact) mass is 232 g/mol. The van der Waals surface area contributed by atoms with Crippen molar-refractivity contribution in [1.29, 1.82) is 0 Å². The molecular formula is C15H20O2. The Balaban J connectivity index is 1.92. The quantitative estimate of drug-likeness (QED) is 0.725. The molecule has 0 heterocycles. The highest BCUT2D eigenvalue weighted by Crippen LogP contribution is 2.52. The zero-order valence-corrected chi connectivity index (χ0v) is 10.7. The van der Waals surface area contributed by atoms with E-state index in [1.54, 1.807) is 0 Å². The van der Waals surface area contributed by atoms with Gasteiger partial charge in [0.25, 0.3) is 0 Å². The summed E-state index contributed by atoms with van der Waals surface area (Å²) in [6, 6.07) is 7.79. The number of hydrogen-bond acceptors (Lipinski definition) is 2. The Morgan fingerprint density at radius 1 is 1.29 bits per heavy atom. The largest absolute Gasteiger partial charge is 0.465 e. The van der Waals surface area contributed by atoms with Crippen LogP contribution in [0, 0.1) is 5.41 Å². The predicted octanol–water partition coefficient (Wildman–Crippen LogP) is 3.60. The number of ether oxygens (including phenoxy) is 1. The van der Waals surface area contributed by atoms with Crippen LogP contribution in [-0.4, -0.2) is 13.1 Å². The third-order valence-electron chi connectivity index (χ3n) is 4.03. The summed E-state index contributed by atoms with van der Waals surface area (Å²) in [6.07, 6.45) is 6.48. The van der Waals surface area contributed by atoms with Crippen molar-refractivity contribution in [3.8, 4) is 0 Å². The molecule has 0 N–H and O–H groups in total. The lowest BCUT2D eigenvalue weighted by atomic mass is 9.94. The van der Waals surface area contributed by atoms with Gasteiger partial charge in [-0.05, 0) is 48.8 Å². The van der Waals surface area contributed by atoms with Gasteiger partial charge in [0.15, 0.2) is 0 Å². The lowest BCUT2D eigenvalue weighted by Crippen LogP contribution is -2.02. The van der Waals surface area contributed by atoms with Crippen LogP contribution in [0.15, 0.2) is 24.3 Å². The van der Waals surface area contributed by atoms with Crippen molar-refractivity contribution in [2.75, 3.05) is 7.11 Å². The Morgan fingerprint density at radius 2 is 1.94 bits per heavy atom. The van der Waals surface area contributed by atoms with Crippen molar-refractivity contribution in [2.24, 2.45) is 5.41 Å². The topological polar surface area (TPSA) is 26.3 Å². The summed E-state index contributed by atoms with van der Waals surface area (Å²) in [6.45, 7) is 2.29. The molecule has 92 valence electrons. The molecule has 0 unspecified atom stereocenters. The number of rotatable bonds is 5. The first-order valence-corrected chi connectivity index (χ1v) is 6.36. The van der Waals surface area contributed by atoms with Crippen molar-refractivity contribution >= 4 is 5.97 Å². The molecule has 1 aliphatic carbocycles. The second-order valence-electron chi connectivity index (χ2n) is 5.04. The lowest BCUT2D eigenvalue weighted by molar-refractivity contribution is 0.0600. The molecule has 0 radical (unpaired) electrons. The Kier molecular flexibility index (Phi) is 3.51. The smallest absolute Gasteiger partial charge is 0.337 e. The summed E-state index contributed by atoms with van der Waals surface area (Å²) in [7, 11) is 1.41. The van der Waals surface area contributed by atoms with Crippen LogP contribution >= 0.6 is 0 Å². The highest BCUT2D eigenvalue weighted by atomic mass is 16.5. The molecule has 17 heavy (non-hydrogen) atoms. The zero-order valence-electron chi connectivity index (χ0n) is 10.7. The molecule has 0 aromatic heterocycles. The van der Waals surface area contributed by atoms with E-state index >= 15 is 0 Å². The van der Waals surface area contributed by atoms with Gasteiger partial charge < -0.3 is 4.74 Å². The molecule has 0 bridgehead atoms. The molecule has 0 spiro atoms. The number of methoxy groups -OCH3 is 1. The highest BCUT2D eigenvalue weighted by Gasteiger charge is 2.39. The van der Waals surface area contributed by atoms with Gasteiger partial charge in [0.1, 0.15) is 0 Å². The zero-order chi connectivity index (χ0) is 12.3. The number of hydrogen-bond donors (Lipinski definition) is 0. The molecule has 0 saturated heterocycles. The molecule has 0 atom stereocenters. The van der Waals surface area contributed by atoms with Gasteiger partial charge in [-0.3, -0.25) is 0 Å². The van der Waals surface area contributed by atoms with Crippen molar-refractivity contribution in [3.05, 3.63) is 35.4 Å². The van der Waals surface area contributed by atoms with Crippen LogP contribution in [0.3, 0.4) is 0 Å². The van der Waals surface area contributed by atoms with Gasteiger partial charge in [0.05, 0.1) is 12.7 Å². The summed E-state index contributed by atoms with van der Waals surface area (Å²) < 4.78 is 4.68. The first-order valence-electron chi connectivity index (χ1n) is 6.36. The average molecular weight is 232 g/mol. The molecular weight excluding hydrogens is 212 g/mol. The third-order valence-corrected chi connectivity index (χ3v) is 4.03. The van der Waals surface area contributed by atoms with Crippen LogP contribution in [0.4, 0.5) is 0 Å². The average Bonchev–Trinajstić information content (AvgIpc) is 3.17. The van der Waals surface area contributed by atoms with E-state index in [0.717, 1.165) is 6.42 Å². The standard InChI is InChI=1S/C15H20O2/c1-3-15(10-11-15)9-8-12-4-6-13(7-5-12)14(16)17-2/h4-7H,3,8-11H2,1-2H3. The fourth-order valence-electron chi connectivity index (χ4n) is 2.29. The van der Waals surface area contributed by atoms with E-state index in [0.29, 0.717) is 11.0 Å². The maximum Gasteiger partial charge on any atom is 0.337 e. The second kappa shape index (κ2) is 4.91. The van der Waals surface area contributed by atoms with Crippen LogP contribution in [0.25, 0.3) is 0 Å². The Hall–Kier alpha value is -1.31. The lowest BCUT2D eigenvalue weighted by Gasteiger charge is -2.11. The molecule has 1 aliphatic rings. The summed E-state index contributed by atoms with van der Waals surface area (Å²) in [5, 5.41) is 0. The van der Waals surface area contributed by atoms with Crippen molar-refractivity contribution in [2.45, 2.75) is 39.0 Å². The fraction of sp³-hybridized carbons (Fsp3) is 0.533. The fourth-order valence-corrected chi connectivity index (χ4v) is 2.29. The third kappa shape index (κ3) is 2.87. The number of aryl methyl sites for hydroxylation is 1. The normalized spacial score (nSPS) is 16.6. The second-order valence-corrected chi connectivity index (χ2v) is 5.04. The van der Waals surface area contributed by atoms with Crippen molar-refractivity contribution < 1.29 is 9.53 Å². The minimum absolute atomic E-state index is 0.260. The van der Waals surface area contributed by atoms with E-state index in [9.17, 15) is 4.79 Å². The van der Waals surface area contributed by atoms with E-state index in [4.69, 9.17) is 0 Å². The summed E-state index contributed by atoms with van der Waals surface area (Å²) in [5.41, 5.74) is 2.59. The van der Waals surface area contributed by atoms with Crippen LogP contribution in [0.2, 0.25) is 0 Å². The van der Waals surface area contributed by atoms with Gasteiger partial charge in [-0.15, -0.1) is 0 Å². The van der Waals surface area contributed by atoms with Crippen molar-refractivity contribution in [3.63, 3.8) is 0 Å². The minimum atomic E-state index is -0.260. The summed E-state index contributed by atoms with van der Waals surface area (Å²) >= 11 is 0. The van der Waals surface area contributed by atoms with E-state index in [1.807, 2.05) is 24.3 Å². The van der Waals surface area contributed by atoms with Gasteiger partial charge in [0.2, 0.25) is 0 Å². The number of carbonyl (C=O) groups excluding carboxylic acids is 1. The van der Waals surface area contributed by atoms with E-state index < -0.39 is 0 Å². The van der Waals surface area contributed by atoms with Gasteiger partial charge in [-0.25, -0.2) is 4.79 Å². The highest BCUT2D eigenvalue weighted by molar-refractivity contribution is 5.89. The first kappa shape index (κ1) is 12.2. The molecule has 0 aliphatic heterocycles. The van der Waals surface area contributed by atoms with E-state index in [-0.39, 0.29) is 5.97 Å². The molecule has 1 fully saturated rings. The Labute approximate surface area is 103 Å². The van der Waals surface area contributed by atoms with Crippen LogP contribution < -0.4 is 0 Å². The summed E-state index contributed by atoms with van der Waals surface area (Å²) in [5.74, 6) is -0.260. The molecule has 1 aromatic rings. The van der Waals surface area contributed by atoms with Crippen LogP contribution in [-0.2, 0) is 11.2 Å². The van der Waals surface area contributed by atoms with Gasteiger partial charge >= 0.3 is 5.97 Å². The number of carbonyl (C=O) groups is 1. The van der Waals surface area contributed by atoms with Crippen molar-refractivity contribution in [1.82, 2.24) is 0 Å². The van der Waals surface area contributed by atoms with E-state index in [2.05, 4.69) is 11.7 Å². The molecule has 2 rings (SSSR count). The Morgan fingerprint density at radius 3 is 2.41 bits per heavy atom. The van der Waals surface area contributed by atoms with Gasteiger partial charge in [-0.2, -0.15) is 0 Å². The Bertz CT molecular complexity index is 388. The van der Waals surface area contributed by atoms with Gasteiger partial charge in [-0.1, -0.05) is 25.5 Å². The predicted molar refractivity (Wildman–Crippen MR) is 68.1 cm³/mol. The molecule has 0 amide bonds.